The van der Waals surface area contributed by atoms with Gasteiger partial charge < -0.3 is 14.9 Å². The summed E-state index contributed by atoms with van der Waals surface area (Å²) in [5.74, 6) is -2.13. The van der Waals surface area contributed by atoms with Crippen LogP contribution in [0.1, 0.15) is 30.1 Å². The molecular weight excluding hydrogens is 322 g/mol. The van der Waals surface area contributed by atoms with Crippen LogP contribution in [0.3, 0.4) is 0 Å². The Hall–Kier alpha value is -1.76. The van der Waals surface area contributed by atoms with Crippen molar-refractivity contribution >= 4 is 11.8 Å². The Kier molecular flexibility index (Phi) is 5.22. The summed E-state index contributed by atoms with van der Waals surface area (Å²) in [6.07, 6.45) is -0.211. The summed E-state index contributed by atoms with van der Waals surface area (Å²) in [6.45, 7) is 1.32. The van der Waals surface area contributed by atoms with E-state index in [0.717, 1.165) is 12.8 Å². The highest BCUT2D eigenvalue weighted by Gasteiger charge is 2.56. The lowest BCUT2D eigenvalue weighted by atomic mass is 9.76. The number of carbonyl (C=O) groups is 2. The van der Waals surface area contributed by atoms with Gasteiger partial charge in [0.25, 0.3) is 0 Å². The number of aliphatic hydroxyl groups excluding tert-OH is 2. The Morgan fingerprint density at radius 2 is 1.80 bits per heavy atom. The third kappa shape index (κ3) is 3.21. The van der Waals surface area contributed by atoms with E-state index in [4.69, 9.17) is 9.84 Å². The fraction of sp³-hybridized carbons (Fsp3) is 0.579. The molecule has 1 aromatic carbocycles. The maximum atomic E-state index is 13.0. The van der Waals surface area contributed by atoms with Crippen LogP contribution in [0, 0.1) is 11.8 Å². The Balaban J connectivity index is 1.89. The summed E-state index contributed by atoms with van der Waals surface area (Å²) in [7, 11) is 1.90. The molecule has 6 nitrogen and oxygen atoms in total. The van der Waals surface area contributed by atoms with Crippen molar-refractivity contribution in [2.45, 2.75) is 44.1 Å². The largest absolute Gasteiger partial charge is 0.460 e. The smallest absolute Gasteiger partial charge is 0.313 e. The molecule has 0 spiro atoms. The van der Waals surface area contributed by atoms with Gasteiger partial charge in [-0.15, -0.1) is 0 Å². The van der Waals surface area contributed by atoms with Gasteiger partial charge in [-0.05, 0) is 26.8 Å². The topological polar surface area (TPSA) is 87.1 Å². The Bertz CT molecular complexity index is 634. The molecule has 0 radical (unpaired) electrons. The van der Waals surface area contributed by atoms with Crippen molar-refractivity contribution in [2.75, 3.05) is 13.7 Å². The van der Waals surface area contributed by atoms with Gasteiger partial charge in [0.2, 0.25) is 0 Å². The van der Waals surface area contributed by atoms with Gasteiger partial charge in [-0.2, -0.15) is 0 Å². The highest BCUT2D eigenvalue weighted by molar-refractivity contribution is 5.99. The number of piperidine rings is 1. The van der Waals surface area contributed by atoms with Crippen LogP contribution in [0.4, 0.5) is 0 Å². The van der Waals surface area contributed by atoms with E-state index in [0.29, 0.717) is 5.56 Å². The van der Waals surface area contributed by atoms with Crippen molar-refractivity contribution in [1.82, 2.24) is 4.90 Å². The van der Waals surface area contributed by atoms with E-state index in [9.17, 15) is 14.7 Å². The number of carbonyl (C=O) groups excluding carboxylic acids is 2. The maximum Gasteiger partial charge on any atom is 0.313 e. The Morgan fingerprint density at radius 1 is 1.20 bits per heavy atom. The first-order valence-electron chi connectivity index (χ1n) is 8.76. The van der Waals surface area contributed by atoms with Crippen LogP contribution in [0.15, 0.2) is 30.3 Å². The van der Waals surface area contributed by atoms with Gasteiger partial charge in [-0.3, -0.25) is 14.5 Å². The van der Waals surface area contributed by atoms with Crippen LogP contribution >= 0.6 is 0 Å². The number of hydrogen-bond donors (Lipinski definition) is 2. The molecule has 0 aromatic heterocycles. The lowest BCUT2D eigenvalue weighted by Gasteiger charge is -2.44. The van der Waals surface area contributed by atoms with Crippen molar-refractivity contribution in [2.24, 2.45) is 11.8 Å². The van der Waals surface area contributed by atoms with Crippen molar-refractivity contribution in [1.29, 1.82) is 0 Å². The Morgan fingerprint density at radius 3 is 2.40 bits per heavy atom. The number of rotatable bonds is 5. The van der Waals surface area contributed by atoms with Crippen LogP contribution in [-0.2, 0) is 9.53 Å². The molecule has 2 saturated heterocycles. The summed E-state index contributed by atoms with van der Waals surface area (Å²) < 4.78 is 5.26. The number of esters is 1. The third-order valence-corrected chi connectivity index (χ3v) is 5.58. The molecule has 25 heavy (non-hydrogen) atoms. The second-order valence-corrected chi connectivity index (χ2v) is 7.08. The molecule has 2 N–H and O–H groups in total. The lowest BCUT2D eigenvalue weighted by molar-refractivity contribution is -0.167. The average molecular weight is 347 g/mol. The molecular formula is C19H25NO5. The number of nitrogens with zero attached hydrogens (tertiary/aromatic N) is 1. The SMILES string of the molecule is CC(CO)OC(=O)[C@@H]1[C@H]2CC[C@@H](C(C(=O)c3ccccc3)[C@@H]1O)N2C. The van der Waals surface area contributed by atoms with Crippen molar-refractivity contribution in [3.63, 3.8) is 0 Å². The van der Waals surface area contributed by atoms with Crippen molar-refractivity contribution < 1.29 is 24.5 Å². The molecule has 0 aliphatic carbocycles. The number of ether oxygens (including phenoxy) is 1. The zero-order chi connectivity index (χ0) is 18.1. The summed E-state index contributed by atoms with van der Waals surface area (Å²) in [5, 5.41) is 20.0. The van der Waals surface area contributed by atoms with Gasteiger partial charge in [0.1, 0.15) is 6.10 Å². The van der Waals surface area contributed by atoms with E-state index >= 15 is 0 Å². The molecule has 136 valence electrons. The normalized spacial score (nSPS) is 33.0. The van der Waals surface area contributed by atoms with Gasteiger partial charge in [-0.25, -0.2) is 0 Å². The first-order valence-corrected chi connectivity index (χ1v) is 8.76. The highest BCUT2D eigenvalue weighted by atomic mass is 16.6. The van der Waals surface area contributed by atoms with E-state index in [1.807, 2.05) is 18.0 Å². The number of aliphatic hydroxyl groups is 2. The van der Waals surface area contributed by atoms with Crippen LogP contribution in [-0.4, -0.2) is 64.8 Å². The molecule has 0 amide bonds. The number of benzene rings is 1. The molecule has 0 saturated carbocycles. The lowest BCUT2D eigenvalue weighted by Crippen LogP contribution is -2.59. The third-order valence-electron chi connectivity index (χ3n) is 5.58. The van der Waals surface area contributed by atoms with E-state index < -0.39 is 30.0 Å². The van der Waals surface area contributed by atoms with E-state index in [1.165, 1.54) is 0 Å². The quantitative estimate of drug-likeness (QED) is 0.607. The van der Waals surface area contributed by atoms with Crippen LogP contribution in [0.2, 0.25) is 0 Å². The van der Waals surface area contributed by atoms with Crippen LogP contribution in [0.25, 0.3) is 0 Å². The van der Waals surface area contributed by atoms with Gasteiger partial charge in [-0.1, -0.05) is 30.3 Å². The molecule has 2 aliphatic heterocycles. The summed E-state index contributed by atoms with van der Waals surface area (Å²) >= 11 is 0. The van der Waals surface area contributed by atoms with Crippen LogP contribution in [0.5, 0.6) is 0 Å². The highest BCUT2D eigenvalue weighted by Crippen LogP contribution is 2.43. The molecule has 1 aromatic rings. The van der Waals surface area contributed by atoms with Gasteiger partial charge in [0.05, 0.1) is 24.5 Å². The molecule has 2 heterocycles. The molecule has 2 unspecified atom stereocenters. The maximum absolute atomic E-state index is 13.0. The zero-order valence-electron chi connectivity index (χ0n) is 14.5. The molecule has 3 rings (SSSR count). The second-order valence-electron chi connectivity index (χ2n) is 7.08. The van der Waals surface area contributed by atoms with E-state index in [1.54, 1.807) is 31.2 Å². The summed E-state index contributed by atoms with van der Waals surface area (Å²) in [5.41, 5.74) is 0.543. The number of ketones is 1. The summed E-state index contributed by atoms with van der Waals surface area (Å²) in [6, 6.07) is 8.66. The minimum absolute atomic E-state index is 0.0768. The number of fused-ring (bicyclic) bond motifs is 2. The predicted molar refractivity (Wildman–Crippen MR) is 91.0 cm³/mol. The molecule has 6 atom stereocenters. The van der Waals surface area contributed by atoms with E-state index in [-0.39, 0.29) is 24.5 Å². The molecule has 2 fully saturated rings. The number of hydrogen-bond acceptors (Lipinski definition) is 6. The molecule has 2 aliphatic rings. The molecule has 6 heteroatoms. The standard InChI is InChI=1S/C19H25NO5/c1-11(10-21)25-19(24)16-14-9-8-13(20(14)2)15(18(16)23)17(22)12-6-4-3-5-7-12/h3-7,11,13-16,18,21,23H,8-10H2,1-2H3/t11?,13-,14+,15?,16+,18-/m0/s1. The van der Waals surface area contributed by atoms with E-state index in [2.05, 4.69) is 0 Å². The average Bonchev–Trinajstić information content (AvgIpc) is 2.88. The fourth-order valence-corrected chi connectivity index (χ4v) is 4.27. The zero-order valence-corrected chi connectivity index (χ0v) is 14.5. The minimum Gasteiger partial charge on any atom is -0.460 e. The minimum atomic E-state index is -1.08. The second kappa shape index (κ2) is 7.23. The fourth-order valence-electron chi connectivity index (χ4n) is 4.27. The number of Topliss-reactive ketones (excluding diaryl/α,β-unsaturated/α-hetero) is 1. The first-order chi connectivity index (χ1) is 12.0. The Labute approximate surface area is 147 Å². The monoisotopic (exact) mass is 347 g/mol. The van der Waals surface area contributed by atoms with Crippen molar-refractivity contribution in [3.05, 3.63) is 35.9 Å². The summed E-state index contributed by atoms with van der Waals surface area (Å²) in [4.78, 5) is 27.6. The first kappa shape index (κ1) is 18.0. The van der Waals surface area contributed by atoms with Crippen LogP contribution < -0.4 is 0 Å². The van der Waals surface area contributed by atoms with Crippen molar-refractivity contribution in [3.8, 4) is 0 Å². The van der Waals surface area contributed by atoms with Gasteiger partial charge >= 0.3 is 5.97 Å². The van der Waals surface area contributed by atoms with Gasteiger partial charge in [0.15, 0.2) is 5.78 Å². The molecule has 2 bridgehead atoms. The van der Waals surface area contributed by atoms with Gasteiger partial charge in [0, 0.05) is 17.6 Å². The predicted octanol–water partition coefficient (Wildman–Crippen LogP) is 0.863.